The van der Waals surface area contributed by atoms with Crippen LogP contribution in [0.3, 0.4) is 0 Å². The van der Waals surface area contributed by atoms with E-state index >= 15 is 0 Å². The number of hydrogen-bond acceptors (Lipinski definition) is 5. The second kappa shape index (κ2) is 11.5. The van der Waals surface area contributed by atoms with Crippen molar-refractivity contribution in [2.75, 3.05) is 13.2 Å². The molecule has 0 aliphatic carbocycles. The van der Waals surface area contributed by atoms with E-state index in [-0.39, 0.29) is 11.7 Å². The van der Waals surface area contributed by atoms with Crippen molar-refractivity contribution < 1.29 is 19.1 Å². The Bertz CT molecular complexity index is 921. The molecule has 2 amide bonds. The Morgan fingerprint density at radius 2 is 1.87 bits per heavy atom. The summed E-state index contributed by atoms with van der Waals surface area (Å²) in [6, 6.07) is 12.5. The number of carbonyl (C=O) groups excluding carboxylic acids is 2. The van der Waals surface area contributed by atoms with Crippen LogP contribution in [-0.2, 0) is 4.79 Å². The van der Waals surface area contributed by atoms with Gasteiger partial charge in [-0.1, -0.05) is 41.9 Å². The molecular formula is C21H24BrN3O4S. The molecule has 0 spiro atoms. The molecule has 7 nitrogen and oxygen atoms in total. The third kappa shape index (κ3) is 8.00. The molecular weight excluding hydrogens is 470 g/mol. The number of nitrogens with one attached hydrogen (secondary N) is 3. The molecule has 2 aromatic rings. The minimum atomic E-state index is -0.460. The maximum absolute atomic E-state index is 12.6. The Kier molecular flexibility index (Phi) is 9.07. The zero-order chi connectivity index (χ0) is 22.1. The second-order valence-electron chi connectivity index (χ2n) is 6.91. The zero-order valence-electron chi connectivity index (χ0n) is 17.0. The number of aryl methyl sites for hydroxylation is 1. The number of thiocarbonyl (C=S) groups is 1. The number of ether oxygens (including phenoxy) is 2. The highest BCUT2D eigenvalue weighted by molar-refractivity contribution is 9.10. The van der Waals surface area contributed by atoms with Crippen LogP contribution >= 0.6 is 28.1 Å². The summed E-state index contributed by atoms with van der Waals surface area (Å²) in [6.07, 6.45) is 0. The number of carbonyl (C=O) groups is 2. The van der Waals surface area contributed by atoms with E-state index in [1.54, 1.807) is 24.3 Å². The average molecular weight is 494 g/mol. The molecule has 0 atom stereocenters. The number of amides is 2. The average Bonchev–Trinajstić information content (AvgIpc) is 2.69. The second-order valence-corrected chi connectivity index (χ2v) is 8.23. The van der Waals surface area contributed by atoms with Crippen LogP contribution in [0.25, 0.3) is 0 Å². The van der Waals surface area contributed by atoms with Crippen molar-refractivity contribution in [1.29, 1.82) is 0 Å². The lowest BCUT2D eigenvalue weighted by molar-refractivity contribution is -0.123. The molecule has 2 aromatic carbocycles. The third-order valence-electron chi connectivity index (χ3n) is 3.66. The van der Waals surface area contributed by atoms with E-state index in [1.807, 2.05) is 39.0 Å². The molecule has 30 heavy (non-hydrogen) atoms. The quantitative estimate of drug-likeness (QED) is 0.404. The summed E-state index contributed by atoms with van der Waals surface area (Å²) in [5.74, 6) is 0.436. The largest absolute Gasteiger partial charge is 0.492 e. The minimum Gasteiger partial charge on any atom is -0.492 e. The van der Waals surface area contributed by atoms with Crippen LogP contribution in [0.4, 0.5) is 0 Å². The van der Waals surface area contributed by atoms with E-state index in [2.05, 4.69) is 32.1 Å². The van der Waals surface area contributed by atoms with Crippen molar-refractivity contribution >= 4 is 45.1 Å². The fourth-order valence-electron chi connectivity index (χ4n) is 2.28. The van der Waals surface area contributed by atoms with E-state index in [0.29, 0.717) is 29.6 Å². The van der Waals surface area contributed by atoms with Crippen LogP contribution in [0.2, 0.25) is 0 Å². The summed E-state index contributed by atoms with van der Waals surface area (Å²) >= 11 is 8.42. The van der Waals surface area contributed by atoms with Gasteiger partial charge in [0.05, 0.1) is 12.2 Å². The van der Waals surface area contributed by atoms with Crippen molar-refractivity contribution in [2.24, 2.45) is 5.92 Å². The van der Waals surface area contributed by atoms with Gasteiger partial charge >= 0.3 is 0 Å². The molecule has 0 unspecified atom stereocenters. The summed E-state index contributed by atoms with van der Waals surface area (Å²) in [6.45, 7) is 6.24. The highest BCUT2D eigenvalue weighted by Gasteiger charge is 2.15. The number of hydrazine groups is 1. The lowest BCUT2D eigenvalue weighted by Gasteiger charge is -2.15. The van der Waals surface area contributed by atoms with Crippen LogP contribution < -0.4 is 25.6 Å². The Morgan fingerprint density at radius 3 is 2.57 bits per heavy atom. The summed E-state index contributed by atoms with van der Waals surface area (Å²) in [5.41, 5.74) is 6.21. The highest BCUT2D eigenvalue weighted by atomic mass is 79.9. The van der Waals surface area contributed by atoms with Crippen LogP contribution in [0, 0.1) is 12.8 Å². The van der Waals surface area contributed by atoms with E-state index in [9.17, 15) is 9.59 Å². The van der Waals surface area contributed by atoms with Crippen molar-refractivity contribution in [3.05, 3.63) is 58.1 Å². The van der Waals surface area contributed by atoms with Crippen molar-refractivity contribution in [2.45, 2.75) is 20.8 Å². The third-order valence-corrected chi connectivity index (χ3v) is 4.36. The predicted octanol–water partition coefficient (Wildman–Crippen LogP) is 3.51. The smallest absolute Gasteiger partial charge is 0.276 e. The molecule has 160 valence electrons. The fraction of sp³-hybridized carbons (Fsp3) is 0.286. The van der Waals surface area contributed by atoms with Gasteiger partial charge in [0.15, 0.2) is 11.7 Å². The monoisotopic (exact) mass is 493 g/mol. The summed E-state index contributed by atoms with van der Waals surface area (Å²) < 4.78 is 11.8. The van der Waals surface area contributed by atoms with Gasteiger partial charge in [-0.15, -0.1) is 0 Å². The van der Waals surface area contributed by atoms with Gasteiger partial charge in [-0.05, 0) is 61.0 Å². The lowest BCUT2D eigenvalue weighted by Crippen LogP contribution is -2.49. The SMILES string of the molecule is Cc1cccc(OCC(=O)NNC(=S)NC(=O)c2cc(Br)ccc2OCC(C)C)c1. The van der Waals surface area contributed by atoms with E-state index in [0.717, 1.165) is 10.0 Å². The fourth-order valence-corrected chi connectivity index (χ4v) is 2.79. The van der Waals surface area contributed by atoms with E-state index in [4.69, 9.17) is 21.7 Å². The maximum Gasteiger partial charge on any atom is 0.276 e. The number of rotatable bonds is 7. The summed E-state index contributed by atoms with van der Waals surface area (Å²) in [5, 5.41) is 2.46. The minimum absolute atomic E-state index is 0.0568. The van der Waals surface area contributed by atoms with Crippen LogP contribution in [0.15, 0.2) is 46.9 Å². The first kappa shape index (κ1) is 23.6. The standard InChI is InChI=1S/C21H24BrN3O4S/c1-13(2)11-29-18-8-7-15(22)10-17(18)20(27)23-21(30)25-24-19(26)12-28-16-6-4-5-14(3)9-16/h4-10,13H,11-12H2,1-3H3,(H,24,26)(H2,23,25,27,30). The Hall–Kier alpha value is -2.65. The molecule has 0 aliphatic rings. The van der Waals surface area contributed by atoms with Crippen LogP contribution in [-0.4, -0.2) is 30.1 Å². The van der Waals surface area contributed by atoms with Crippen LogP contribution in [0.1, 0.15) is 29.8 Å². The van der Waals surface area contributed by atoms with Crippen molar-refractivity contribution in [1.82, 2.24) is 16.2 Å². The van der Waals surface area contributed by atoms with Gasteiger partial charge in [0.1, 0.15) is 11.5 Å². The lowest BCUT2D eigenvalue weighted by atomic mass is 10.2. The normalized spacial score (nSPS) is 10.3. The van der Waals surface area contributed by atoms with Gasteiger partial charge in [-0.25, -0.2) is 0 Å². The summed E-state index contributed by atoms with van der Waals surface area (Å²) in [4.78, 5) is 24.5. The van der Waals surface area contributed by atoms with E-state index < -0.39 is 11.8 Å². The molecule has 3 N–H and O–H groups in total. The van der Waals surface area contributed by atoms with Gasteiger partial charge in [-0.3, -0.25) is 25.8 Å². The first-order valence-electron chi connectivity index (χ1n) is 9.26. The van der Waals surface area contributed by atoms with Gasteiger partial charge in [0, 0.05) is 4.47 Å². The predicted molar refractivity (Wildman–Crippen MR) is 122 cm³/mol. The van der Waals surface area contributed by atoms with Gasteiger partial charge in [0.2, 0.25) is 0 Å². The molecule has 0 aromatic heterocycles. The van der Waals surface area contributed by atoms with Crippen molar-refractivity contribution in [3.63, 3.8) is 0 Å². The molecule has 0 heterocycles. The number of hydrogen-bond donors (Lipinski definition) is 3. The zero-order valence-corrected chi connectivity index (χ0v) is 19.4. The van der Waals surface area contributed by atoms with E-state index in [1.165, 1.54) is 0 Å². The molecule has 0 saturated heterocycles. The molecule has 0 bridgehead atoms. The van der Waals surface area contributed by atoms with Crippen LogP contribution in [0.5, 0.6) is 11.5 Å². The molecule has 0 fully saturated rings. The molecule has 0 aliphatic heterocycles. The topological polar surface area (TPSA) is 88.7 Å². The van der Waals surface area contributed by atoms with Gasteiger partial charge < -0.3 is 9.47 Å². The Labute approximate surface area is 189 Å². The Morgan fingerprint density at radius 1 is 1.10 bits per heavy atom. The van der Waals surface area contributed by atoms with Crippen molar-refractivity contribution in [3.8, 4) is 11.5 Å². The Balaban J connectivity index is 1.85. The molecule has 0 radical (unpaired) electrons. The highest BCUT2D eigenvalue weighted by Crippen LogP contribution is 2.23. The first-order chi connectivity index (χ1) is 14.2. The molecule has 2 rings (SSSR count). The first-order valence-corrected chi connectivity index (χ1v) is 10.5. The number of halogens is 1. The molecule has 9 heteroatoms. The van der Waals surface area contributed by atoms with Gasteiger partial charge in [0.25, 0.3) is 11.8 Å². The summed E-state index contributed by atoms with van der Waals surface area (Å²) in [7, 11) is 0. The molecule has 0 saturated carbocycles. The maximum atomic E-state index is 12.6. The van der Waals surface area contributed by atoms with Gasteiger partial charge in [-0.2, -0.15) is 0 Å². The number of benzene rings is 2.